The number of halogens is 1. The quantitative estimate of drug-likeness (QED) is 0.245. The SMILES string of the molecule is O=C1C(NS(=O)(=O)c2cc3cc(Cl)ccc3s2)CCCN1CC(=O)N1CCCC1CNS(=O)(=O)c1cccc([N+](=O)[O-])c1. The Morgan fingerprint density at radius 2 is 1.81 bits per heavy atom. The lowest BCUT2D eigenvalue weighted by Gasteiger charge is -2.34. The number of carbonyl (C=O) groups is 2. The number of hydrogen-bond acceptors (Lipinski definition) is 9. The smallest absolute Gasteiger partial charge is 0.270 e. The van der Waals surface area contributed by atoms with E-state index in [1.54, 1.807) is 18.2 Å². The average Bonchev–Trinajstić information content (AvgIpc) is 3.61. The minimum absolute atomic E-state index is 0.0539. The molecule has 0 radical (unpaired) electrons. The molecule has 2 aliphatic heterocycles. The van der Waals surface area contributed by atoms with Crippen molar-refractivity contribution in [2.24, 2.45) is 0 Å². The van der Waals surface area contributed by atoms with Crippen LogP contribution in [0.4, 0.5) is 5.69 Å². The second kappa shape index (κ2) is 12.5. The Kier molecular flexibility index (Phi) is 9.06. The van der Waals surface area contributed by atoms with Crippen LogP contribution in [0, 0.1) is 10.1 Å². The van der Waals surface area contributed by atoms with Gasteiger partial charge in [0.15, 0.2) is 0 Å². The van der Waals surface area contributed by atoms with Gasteiger partial charge in [-0.25, -0.2) is 21.6 Å². The number of nitrogens with zero attached hydrogens (tertiary/aromatic N) is 3. The van der Waals surface area contributed by atoms with Crippen molar-refractivity contribution in [2.45, 2.75) is 46.9 Å². The number of nitro benzene ring substituents is 1. The molecule has 0 saturated carbocycles. The Balaban J connectivity index is 1.20. The lowest BCUT2D eigenvalue weighted by atomic mass is 10.1. The van der Waals surface area contributed by atoms with E-state index in [1.165, 1.54) is 34.1 Å². The molecular formula is C26H28ClN5O8S3. The van der Waals surface area contributed by atoms with Crippen LogP contribution in [0.25, 0.3) is 10.1 Å². The van der Waals surface area contributed by atoms with Crippen LogP contribution in [0.15, 0.2) is 57.6 Å². The summed E-state index contributed by atoms with van der Waals surface area (Å²) in [6, 6.07) is 9.73. The highest BCUT2D eigenvalue weighted by Crippen LogP contribution is 2.31. The van der Waals surface area contributed by atoms with E-state index in [1.807, 2.05) is 0 Å². The van der Waals surface area contributed by atoms with Crippen molar-refractivity contribution in [1.82, 2.24) is 19.2 Å². The summed E-state index contributed by atoms with van der Waals surface area (Å²) in [7, 11) is -8.09. The third-order valence-corrected chi connectivity index (χ3v) is 12.1. The molecule has 2 saturated heterocycles. The Morgan fingerprint density at radius 3 is 2.58 bits per heavy atom. The van der Waals surface area contributed by atoms with Gasteiger partial charge in [-0.05, 0) is 61.4 Å². The number of non-ortho nitro benzene ring substituents is 1. The predicted molar refractivity (Wildman–Crippen MR) is 160 cm³/mol. The summed E-state index contributed by atoms with van der Waals surface area (Å²) in [4.78, 5) is 39.4. The molecule has 17 heteroatoms. The fourth-order valence-corrected chi connectivity index (χ4v) is 9.17. The molecule has 230 valence electrons. The van der Waals surface area contributed by atoms with Gasteiger partial charge < -0.3 is 9.80 Å². The summed E-state index contributed by atoms with van der Waals surface area (Å²) in [6.07, 6.45) is 1.93. The second-order valence-corrected chi connectivity index (χ2v) is 15.5. The van der Waals surface area contributed by atoms with Crippen molar-refractivity contribution >= 4 is 70.6 Å². The number of thiophene rings is 1. The molecule has 13 nitrogen and oxygen atoms in total. The normalized spacial score (nSPS) is 19.7. The highest BCUT2D eigenvalue weighted by Gasteiger charge is 2.36. The first-order chi connectivity index (χ1) is 20.3. The van der Waals surface area contributed by atoms with E-state index in [-0.39, 0.29) is 46.8 Å². The van der Waals surface area contributed by atoms with E-state index in [4.69, 9.17) is 11.6 Å². The van der Waals surface area contributed by atoms with E-state index in [2.05, 4.69) is 9.44 Å². The van der Waals surface area contributed by atoms with Gasteiger partial charge >= 0.3 is 0 Å². The van der Waals surface area contributed by atoms with Crippen LogP contribution >= 0.6 is 22.9 Å². The topological polar surface area (TPSA) is 176 Å². The van der Waals surface area contributed by atoms with Gasteiger partial charge in [-0.2, -0.15) is 4.72 Å². The zero-order valence-electron chi connectivity index (χ0n) is 22.6. The number of likely N-dealkylation sites (tertiary alicyclic amines) is 2. The molecule has 2 N–H and O–H groups in total. The summed E-state index contributed by atoms with van der Waals surface area (Å²) in [5.41, 5.74) is -0.360. The molecule has 2 aliphatic rings. The fourth-order valence-electron chi connectivity index (χ4n) is 5.26. The largest absolute Gasteiger partial charge is 0.337 e. The summed E-state index contributed by atoms with van der Waals surface area (Å²) in [6.45, 7) is 0.276. The number of nitro groups is 1. The van der Waals surface area contributed by atoms with Gasteiger partial charge in [0.25, 0.3) is 15.7 Å². The van der Waals surface area contributed by atoms with E-state index in [0.29, 0.717) is 36.2 Å². The van der Waals surface area contributed by atoms with Crippen LogP contribution in [0.3, 0.4) is 0 Å². The molecule has 2 unspecified atom stereocenters. The van der Waals surface area contributed by atoms with Gasteiger partial charge in [0.2, 0.25) is 21.8 Å². The molecule has 0 spiro atoms. The first-order valence-electron chi connectivity index (χ1n) is 13.4. The summed E-state index contributed by atoms with van der Waals surface area (Å²) >= 11 is 7.08. The molecule has 3 aromatic rings. The van der Waals surface area contributed by atoms with Gasteiger partial charge in [0.05, 0.1) is 16.4 Å². The monoisotopic (exact) mass is 669 g/mol. The van der Waals surface area contributed by atoms with E-state index in [0.717, 1.165) is 22.1 Å². The van der Waals surface area contributed by atoms with Crippen molar-refractivity contribution in [3.05, 3.63) is 63.7 Å². The van der Waals surface area contributed by atoms with E-state index >= 15 is 0 Å². The highest BCUT2D eigenvalue weighted by molar-refractivity contribution is 7.91. The lowest BCUT2D eigenvalue weighted by Crippen LogP contribution is -2.55. The molecule has 2 amide bonds. The first-order valence-corrected chi connectivity index (χ1v) is 17.5. The van der Waals surface area contributed by atoms with Gasteiger partial charge in [0, 0.05) is 47.5 Å². The van der Waals surface area contributed by atoms with Gasteiger partial charge in [-0.15, -0.1) is 11.3 Å². The maximum absolute atomic E-state index is 13.3. The Hall–Kier alpha value is -3.15. The molecule has 5 rings (SSSR count). The molecule has 1 aromatic heterocycles. The van der Waals surface area contributed by atoms with Crippen molar-refractivity contribution in [3.8, 4) is 0 Å². The minimum Gasteiger partial charge on any atom is -0.337 e. The molecular weight excluding hydrogens is 642 g/mol. The first kappa shape index (κ1) is 31.3. The molecule has 0 bridgehead atoms. The van der Waals surface area contributed by atoms with Crippen LogP contribution in [-0.4, -0.2) is 81.6 Å². The van der Waals surface area contributed by atoms with Gasteiger partial charge in [0.1, 0.15) is 10.3 Å². The number of hydrogen-bond donors (Lipinski definition) is 2. The maximum Gasteiger partial charge on any atom is 0.270 e. The molecule has 3 heterocycles. The van der Waals surface area contributed by atoms with Crippen molar-refractivity contribution in [1.29, 1.82) is 0 Å². The number of nitrogens with one attached hydrogen (secondary N) is 2. The van der Waals surface area contributed by atoms with Crippen molar-refractivity contribution in [3.63, 3.8) is 0 Å². The van der Waals surface area contributed by atoms with E-state index in [9.17, 15) is 36.5 Å². The molecule has 2 fully saturated rings. The van der Waals surface area contributed by atoms with Gasteiger partial charge in [-0.1, -0.05) is 17.7 Å². The van der Waals surface area contributed by atoms with Crippen molar-refractivity contribution < 1.29 is 31.3 Å². The number of sulfonamides is 2. The van der Waals surface area contributed by atoms with Crippen LogP contribution in [-0.2, 0) is 29.6 Å². The van der Waals surface area contributed by atoms with Crippen LogP contribution in [0.1, 0.15) is 25.7 Å². The molecule has 2 aromatic carbocycles. The summed E-state index contributed by atoms with van der Waals surface area (Å²) < 4.78 is 57.5. The van der Waals surface area contributed by atoms with Crippen LogP contribution in [0.5, 0.6) is 0 Å². The zero-order valence-corrected chi connectivity index (χ0v) is 25.8. The molecule has 0 aliphatic carbocycles. The summed E-state index contributed by atoms with van der Waals surface area (Å²) in [5.74, 6) is -0.884. The second-order valence-electron chi connectivity index (χ2n) is 10.3. The van der Waals surface area contributed by atoms with Crippen LogP contribution in [0.2, 0.25) is 5.02 Å². The molecule has 43 heavy (non-hydrogen) atoms. The van der Waals surface area contributed by atoms with E-state index < -0.39 is 43.0 Å². The third-order valence-electron chi connectivity index (χ3n) is 7.42. The Bertz CT molecular complexity index is 1800. The fraction of sp³-hybridized carbons (Fsp3) is 0.385. The number of amides is 2. The predicted octanol–water partition coefficient (Wildman–Crippen LogP) is 2.70. The number of fused-ring (bicyclic) bond motifs is 1. The number of piperidine rings is 1. The van der Waals surface area contributed by atoms with Crippen LogP contribution < -0.4 is 9.44 Å². The lowest BCUT2D eigenvalue weighted by molar-refractivity contribution is -0.385. The number of benzene rings is 2. The average molecular weight is 670 g/mol. The molecule has 2 atom stereocenters. The third kappa shape index (κ3) is 6.99. The minimum atomic E-state index is -4.08. The van der Waals surface area contributed by atoms with Crippen molar-refractivity contribution in [2.75, 3.05) is 26.2 Å². The van der Waals surface area contributed by atoms with Gasteiger partial charge in [-0.3, -0.25) is 19.7 Å². The maximum atomic E-state index is 13.3. The summed E-state index contributed by atoms with van der Waals surface area (Å²) in [5, 5.41) is 12.2. The number of rotatable bonds is 10. The Labute approximate surface area is 257 Å². The highest BCUT2D eigenvalue weighted by atomic mass is 35.5. The Morgan fingerprint density at radius 1 is 1.05 bits per heavy atom. The zero-order chi connectivity index (χ0) is 30.9. The standard InChI is InChI=1S/C26H28ClN5O8S3/c27-18-8-9-23-17(12-18)13-25(41-23)43(39,40)29-22-7-3-10-30(26(22)34)16-24(33)31-11-2-5-20(31)15-28-42(37,38)21-6-1-4-19(14-21)32(35)36/h1,4,6,8-9,12-14,20,22,28-29H,2-3,5,7,10-11,15-16H2. The number of carbonyl (C=O) groups excluding carboxylic acids is 2.